The van der Waals surface area contributed by atoms with E-state index in [1.807, 2.05) is 19.9 Å². The predicted molar refractivity (Wildman–Crippen MR) is 42.3 cm³/mol. The minimum Gasteiger partial charge on any atom is -0.447 e. The van der Waals surface area contributed by atoms with E-state index in [0.29, 0.717) is 12.5 Å². The van der Waals surface area contributed by atoms with Crippen molar-refractivity contribution in [3.05, 3.63) is 0 Å². The number of cyclic esters (lactones) is 1. The van der Waals surface area contributed by atoms with Crippen LogP contribution in [0.15, 0.2) is 0 Å². The van der Waals surface area contributed by atoms with E-state index in [9.17, 15) is 4.79 Å². The molecule has 12 heavy (non-hydrogen) atoms. The van der Waals surface area contributed by atoms with Crippen LogP contribution in [0.2, 0.25) is 0 Å². The van der Waals surface area contributed by atoms with Crippen LogP contribution in [-0.4, -0.2) is 30.2 Å². The first-order chi connectivity index (χ1) is 5.66. The van der Waals surface area contributed by atoms with Crippen LogP contribution in [0.1, 0.15) is 13.8 Å². The van der Waals surface area contributed by atoms with Crippen LogP contribution < -0.4 is 0 Å². The summed E-state index contributed by atoms with van der Waals surface area (Å²) in [4.78, 5) is 12.5. The maximum absolute atomic E-state index is 11.0. The van der Waals surface area contributed by atoms with Crippen LogP contribution in [0.3, 0.4) is 0 Å². The molecule has 1 aliphatic heterocycles. The molecule has 1 saturated heterocycles. The molecular formula is C8H12N2O2. The number of nitriles is 1. The van der Waals surface area contributed by atoms with Gasteiger partial charge < -0.3 is 4.74 Å². The fourth-order valence-corrected chi connectivity index (χ4v) is 1.28. The molecular weight excluding hydrogens is 156 g/mol. The van der Waals surface area contributed by atoms with Gasteiger partial charge in [-0.15, -0.1) is 0 Å². The molecule has 0 unspecified atom stereocenters. The Hall–Kier alpha value is -1.24. The van der Waals surface area contributed by atoms with Crippen LogP contribution in [-0.2, 0) is 4.74 Å². The van der Waals surface area contributed by atoms with Gasteiger partial charge in [0.1, 0.15) is 13.2 Å². The van der Waals surface area contributed by atoms with Gasteiger partial charge in [-0.3, -0.25) is 4.90 Å². The molecule has 0 aromatic carbocycles. The second kappa shape index (κ2) is 3.44. The zero-order valence-corrected chi connectivity index (χ0v) is 7.28. The Labute approximate surface area is 71.7 Å². The van der Waals surface area contributed by atoms with Crippen molar-refractivity contribution >= 4 is 6.09 Å². The SMILES string of the molecule is CC(C)[C@H]1COC(=O)N1CC#N. The summed E-state index contributed by atoms with van der Waals surface area (Å²) < 4.78 is 4.83. The third-order valence-electron chi connectivity index (χ3n) is 2.02. The molecule has 4 heteroatoms. The van der Waals surface area contributed by atoms with E-state index in [0.717, 1.165) is 0 Å². The molecule has 4 nitrogen and oxygen atoms in total. The molecule has 1 rings (SSSR count). The summed E-state index contributed by atoms with van der Waals surface area (Å²) in [5.74, 6) is 0.338. The normalized spacial score (nSPS) is 22.7. The number of nitrogens with zero attached hydrogens (tertiary/aromatic N) is 2. The summed E-state index contributed by atoms with van der Waals surface area (Å²) in [7, 11) is 0. The van der Waals surface area contributed by atoms with Crippen molar-refractivity contribution in [2.45, 2.75) is 19.9 Å². The molecule has 66 valence electrons. The highest BCUT2D eigenvalue weighted by atomic mass is 16.6. The zero-order valence-electron chi connectivity index (χ0n) is 7.28. The van der Waals surface area contributed by atoms with Crippen LogP contribution in [0.4, 0.5) is 4.79 Å². The number of ether oxygens (including phenoxy) is 1. The van der Waals surface area contributed by atoms with Crippen LogP contribution in [0.5, 0.6) is 0 Å². The molecule has 1 fully saturated rings. The second-order valence-electron chi connectivity index (χ2n) is 3.17. The topological polar surface area (TPSA) is 53.3 Å². The number of hydrogen-bond donors (Lipinski definition) is 0. The lowest BCUT2D eigenvalue weighted by Gasteiger charge is -2.21. The Kier molecular flexibility index (Phi) is 2.54. The Morgan fingerprint density at radius 2 is 2.50 bits per heavy atom. The number of hydrogen-bond acceptors (Lipinski definition) is 3. The largest absolute Gasteiger partial charge is 0.447 e. The fourth-order valence-electron chi connectivity index (χ4n) is 1.28. The number of carbonyl (C=O) groups is 1. The smallest absolute Gasteiger partial charge is 0.411 e. The van der Waals surface area contributed by atoms with Crippen LogP contribution >= 0.6 is 0 Å². The standard InChI is InChI=1S/C8H12N2O2/c1-6(2)7-5-12-8(11)10(7)4-3-9/h6-7H,4-5H2,1-2H3/t7-/m1/s1. The number of amides is 1. The third kappa shape index (κ3) is 1.50. The van der Waals surface area contributed by atoms with E-state index < -0.39 is 0 Å². The van der Waals surface area contributed by atoms with Gasteiger partial charge in [-0.05, 0) is 5.92 Å². The molecule has 1 aliphatic rings. The lowest BCUT2D eigenvalue weighted by atomic mass is 10.1. The second-order valence-corrected chi connectivity index (χ2v) is 3.17. The lowest BCUT2D eigenvalue weighted by molar-refractivity contribution is 0.160. The van der Waals surface area contributed by atoms with Gasteiger partial charge in [0.05, 0.1) is 12.1 Å². The van der Waals surface area contributed by atoms with E-state index in [2.05, 4.69) is 0 Å². The molecule has 0 aromatic heterocycles. The molecule has 0 radical (unpaired) electrons. The molecule has 0 aliphatic carbocycles. The van der Waals surface area contributed by atoms with Gasteiger partial charge in [0.2, 0.25) is 0 Å². The maximum Gasteiger partial charge on any atom is 0.411 e. The molecule has 0 aromatic rings. The fraction of sp³-hybridized carbons (Fsp3) is 0.750. The summed E-state index contributed by atoms with van der Waals surface area (Å²) in [6, 6.07) is 2.02. The van der Waals surface area contributed by atoms with Crippen molar-refractivity contribution in [2.75, 3.05) is 13.2 Å². The average molecular weight is 168 g/mol. The van der Waals surface area contributed by atoms with Gasteiger partial charge in [-0.2, -0.15) is 5.26 Å². The van der Waals surface area contributed by atoms with Gasteiger partial charge in [-0.1, -0.05) is 13.8 Å². The van der Waals surface area contributed by atoms with Gasteiger partial charge in [0.25, 0.3) is 0 Å². The third-order valence-corrected chi connectivity index (χ3v) is 2.02. The first-order valence-corrected chi connectivity index (χ1v) is 3.97. The van der Waals surface area contributed by atoms with Gasteiger partial charge in [0.15, 0.2) is 0 Å². The van der Waals surface area contributed by atoms with Crippen molar-refractivity contribution in [2.24, 2.45) is 5.92 Å². The van der Waals surface area contributed by atoms with E-state index in [1.54, 1.807) is 0 Å². The quantitative estimate of drug-likeness (QED) is 0.578. The molecule has 0 N–H and O–H groups in total. The summed E-state index contributed by atoms with van der Waals surface area (Å²) >= 11 is 0. The van der Waals surface area contributed by atoms with E-state index in [-0.39, 0.29) is 18.7 Å². The van der Waals surface area contributed by atoms with Crippen LogP contribution in [0.25, 0.3) is 0 Å². The van der Waals surface area contributed by atoms with E-state index in [4.69, 9.17) is 10.00 Å². The van der Waals surface area contributed by atoms with Crippen molar-refractivity contribution in [3.63, 3.8) is 0 Å². The first-order valence-electron chi connectivity index (χ1n) is 3.97. The van der Waals surface area contributed by atoms with Gasteiger partial charge >= 0.3 is 6.09 Å². The lowest BCUT2D eigenvalue weighted by Crippen LogP contribution is -2.37. The number of carbonyl (C=O) groups excluding carboxylic acids is 1. The summed E-state index contributed by atoms with van der Waals surface area (Å²) in [6.45, 7) is 4.56. The van der Waals surface area contributed by atoms with Crippen molar-refractivity contribution < 1.29 is 9.53 Å². The zero-order chi connectivity index (χ0) is 9.14. The molecule has 0 spiro atoms. The summed E-state index contributed by atoms with van der Waals surface area (Å²) in [5.41, 5.74) is 0. The van der Waals surface area contributed by atoms with Gasteiger partial charge in [0, 0.05) is 0 Å². The highest BCUT2D eigenvalue weighted by molar-refractivity contribution is 5.70. The van der Waals surface area contributed by atoms with Crippen molar-refractivity contribution in [1.82, 2.24) is 4.90 Å². The Morgan fingerprint density at radius 3 is 3.00 bits per heavy atom. The minimum atomic E-state index is -0.366. The Balaban J connectivity index is 2.65. The van der Waals surface area contributed by atoms with Crippen LogP contribution in [0, 0.1) is 17.2 Å². The average Bonchev–Trinajstić information content (AvgIpc) is 2.34. The molecule has 1 amide bonds. The minimum absolute atomic E-state index is 0.0668. The van der Waals surface area contributed by atoms with E-state index >= 15 is 0 Å². The predicted octanol–water partition coefficient (Wildman–Crippen LogP) is 0.987. The molecule has 1 heterocycles. The maximum atomic E-state index is 11.0. The van der Waals surface area contributed by atoms with Crippen molar-refractivity contribution in [1.29, 1.82) is 5.26 Å². The molecule has 0 saturated carbocycles. The van der Waals surface area contributed by atoms with Crippen molar-refractivity contribution in [3.8, 4) is 6.07 Å². The molecule has 1 atom stereocenters. The highest BCUT2D eigenvalue weighted by Gasteiger charge is 2.34. The first kappa shape index (κ1) is 8.85. The summed E-state index contributed by atoms with van der Waals surface area (Å²) in [5, 5.41) is 8.44. The number of rotatable bonds is 2. The highest BCUT2D eigenvalue weighted by Crippen LogP contribution is 2.18. The summed E-state index contributed by atoms with van der Waals surface area (Å²) in [6.07, 6.45) is -0.366. The Morgan fingerprint density at radius 1 is 1.83 bits per heavy atom. The van der Waals surface area contributed by atoms with Gasteiger partial charge in [-0.25, -0.2) is 4.79 Å². The monoisotopic (exact) mass is 168 g/mol. The van der Waals surface area contributed by atoms with E-state index in [1.165, 1.54) is 4.90 Å². The Bertz CT molecular complexity index is 220. The molecule has 0 bridgehead atoms.